The molecular weight excluding hydrogens is 683 g/mol. The van der Waals surface area contributed by atoms with Crippen LogP contribution in [0.1, 0.15) is 123 Å². The molecule has 0 spiro atoms. The molecule has 0 fully saturated rings. The van der Waals surface area contributed by atoms with Crippen molar-refractivity contribution in [3.05, 3.63) is 142 Å². The van der Waals surface area contributed by atoms with Crippen LogP contribution in [0.4, 0.5) is 0 Å². The monoisotopic (exact) mass is 745 g/mol. The van der Waals surface area contributed by atoms with Gasteiger partial charge in [-0.1, -0.05) is 147 Å². The number of nitrogens with zero attached hydrogens (tertiary/aromatic N) is 3. The topological polar surface area (TPSA) is 41.3 Å². The Balaban J connectivity index is 1.26. The molecule has 6 aliphatic rings. The number of hydrogen-bond donors (Lipinski definition) is 1. The van der Waals surface area contributed by atoms with E-state index in [-0.39, 0.29) is 22.8 Å². The zero-order valence-corrected chi connectivity index (χ0v) is 35.5. The minimum atomic E-state index is -0.235. The number of likely N-dealkylation sites (N-methyl/N-ethyl adjacent to an activating group) is 1. The second kappa shape index (κ2) is 14.4. The number of rotatable bonds is 6. The van der Waals surface area contributed by atoms with Crippen molar-refractivity contribution >= 4 is 22.9 Å². The van der Waals surface area contributed by atoms with E-state index in [4.69, 9.17) is 4.98 Å². The fourth-order valence-corrected chi connectivity index (χ4v) is 10.4. The Kier molecular flexibility index (Phi) is 9.89. The van der Waals surface area contributed by atoms with Crippen LogP contribution in [0.3, 0.4) is 0 Å². The largest absolute Gasteiger partial charge is 0.511 e. The molecule has 0 radical (unpaired) electrons. The van der Waals surface area contributed by atoms with Crippen molar-refractivity contribution in [1.29, 1.82) is 0 Å². The molecule has 6 atom stereocenters. The highest BCUT2D eigenvalue weighted by atomic mass is 16.3. The lowest BCUT2D eigenvalue weighted by molar-refractivity contribution is 0.197. The Labute approximate surface area is 336 Å². The van der Waals surface area contributed by atoms with Gasteiger partial charge in [0.25, 0.3) is 0 Å². The summed E-state index contributed by atoms with van der Waals surface area (Å²) in [7, 11) is 2.24. The molecule has 4 heteroatoms. The molecule has 0 saturated carbocycles. The molecule has 0 saturated heterocycles. The van der Waals surface area contributed by atoms with Crippen LogP contribution in [0.15, 0.2) is 119 Å². The molecule has 6 unspecified atom stereocenters. The first kappa shape index (κ1) is 38.3. The van der Waals surface area contributed by atoms with Gasteiger partial charge >= 0.3 is 0 Å². The fourth-order valence-electron chi connectivity index (χ4n) is 10.4. The van der Waals surface area contributed by atoms with Crippen LogP contribution >= 0.6 is 0 Å². The Morgan fingerprint density at radius 2 is 1.73 bits per heavy atom. The van der Waals surface area contributed by atoms with Gasteiger partial charge in [-0.3, -0.25) is 4.57 Å². The van der Waals surface area contributed by atoms with Crippen molar-refractivity contribution in [3.8, 4) is 0 Å². The van der Waals surface area contributed by atoms with Crippen LogP contribution in [0.2, 0.25) is 0 Å². The van der Waals surface area contributed by atoms with Crippen molar-refractivity contribution in [2.24, 2.45) is 40.4 Å². The molecule has 2 heterocycles. The molecule has 1 aromatic carbocycles. The Morgan fingerprint density at radius 3 is 2.43 bits per heavy atom. The van der Waals surface area contributed by atoms with E-state index in [9.17, 15) is 5.11 Å². The van der Waals surface area contributed by atoms with E-state index in [2.05, 4.69) is 176 Å². The number of imidazole rings is 1. The maximum atomic E-state index is 12.4. The first-order valence-electron chi connectivity index (χ1n) is 21.3. The molecule has 1 N–H and O–H groups in total. The molecule has 2 aromatic rings. The summed E-state index contributed by atoms with van der Waals surface area (Å²) in [5, 5.41) is 12.4. The molecule has 0 bridgehead atoms. The minimum Gasteiger partial charge on any atom is -0.511 e. The third-order valence-electron chi connectivity index (χ3n) is 13.7. The summed E-state index contributed by atoms with van der Waals surface area (Å²) in [6, 6.07) is 11.0. The van der Waals surface area contributed by atoms with E-state index in [1.54, 1.807) is 0 Å². The van der Waals surface area contributed by atoms with Crippen LogP contribution in [0, 0.1) is 40.4 Å². The highest BCUT2D eigenvalue weighted by Gasteiger charge is 2.42. The quantitative estimate of drug-likeness (QED) is 0.299. The maximum absolute atomic E-state index is 12.4. The molecule has 292 valence electrons. The van der Waals surface area contributed by atoms with E-state index in [1.165, 1.54) is 40.0 Å². The minimum absolute atomic E-state index is 0.0315. The summed E-state index contributed by atoms with van der Waals surface area (Å²) in [6.45, 7) is 20.8. The van der Waals surface area contributed by atoms with Gasteiger partial charge in [-0.2, -0.15) is 0 Å². The molecule has 5 aliphatic carbocycles. The van der Waals surface area contributed by atoms with Gasteiger partial charge < -0.3 is 10.0 Å². The Bertz CT molecular complexity index is 2220. The third-order valence-corrected chi connectivity index (χ3v) is 13.7. The number of aromatic nitrogens is 2. The van der Waals surface area contributed by atoms with Gasteiger partial charge in [0.2, 0.25) is 0 Å². The SMILES string of the molecule is CC(C)C1CC(C2C=CC(c3ccccc3)=CN2C)C=C(C2=C=Cc3c2nc(C2CC(C(C)(C)C)=CC(C(C)(C)C)=C2O)n3C2=C3C=CC=CC3CCC2)C1C. The van der Waals surface area contributed by atoms with Gasteiger partial charge in [0.1, 0.15) is 17.3 Å². The Morgan fingerprint density at radius 1 is 0.964 bits per heavy atom. The number of fused-ring (bicyclic) bond motifs is 2. The van der Waals surface area contributed by atoms with E-state index in [0.717, 1.165) is 54.0 Å². The van der Waals surface area contributed by atoms with Gasteiger partial charge in [-0.25, -0.2) is 4.98 Å². The normalized spacial score (nSPS) is 27.7. The van der Waals surface area contributed by atoms with E-state index < -0.39 is 0 Å². The lowest BCUT2D eigenvalue weighted by atomic mass is 9.67. The lowest BCUT2D eigenvalue weighted by Gasteiger charge is -2.42. The summed E-state index contributed by atoms with van der Waals surface area (Å²) >= 11 is 0. The predicted molar refractivity (Wildman–Crippen MR) is 235 cm³/mol. The van der Waals surface area contributed by atoms with E-state index >= 15 is 0 Å². The zero-order chi connectivity index (χ0) is 39.7. The van der Waals surface area contributed by atoms with Gasteiger partial charge in [0.05, 0.1) is 17.7 Å². The fraction of sp³-hybridized carbons (Fsp3) is 0.462. The summed E-state index contributed by atoms with van der Waals surface area (Å²) in [5.74, 6) is 3.41. The van der Waals surface area contributed by atoms with Crippen LogP contribution in [-0.4, -0.2) is 32.6 Å². The number of aliphatic hydroxyl groups excluding tert-OH is 1. The molecule has 1 aromatic heterocycles. The summed E-state index contributed by atoms with van der Waals surface area (Å²) < 4.78 is 2.48. The highest BCUT2D eigenvalue weighted by Crippen LogP contribution is 2.51. The van der Waals surface area contributed by atoms with Crippen molar-refractivity contribution in [2.75, 3.05) is 7.05 Å². The van der Waals surface area contributed by atoms with Gasteiger partial charge in [0, 0.05) is 42.4 Å². The van der Waals surface area contributed by atoms with Gasteiger partial charge in [-0.15, -0.1) is 5.73 Å². The summed E-state index contributed by atoms with van der Waals surface area (Å²) in [5.41, 5.74) is 15.9. The third kappa shape index (κ3) is 6.83. The van der Waals surface area contributed by atoms with Crippen molar-refractivity contribution in [3.63, 3.8) is 0 Å². The van der Waals surface area contributed by atoms with Crippen LogP contribution < -0.4 is 0 Å². The van der Waals surface area contributed by atoms with Crippen molar-refractivity contribution < 1.29 is 5.11 Å². The molecular formula is C52H63N3O. The lowest BCUT2D eigenvalue weighted by Crippen LogP contribution is -2.39. The van der Waals surface area contributed by atoms with Crippen molar-refractivity contribution in [1.82, 2.24) is 14.5 Å². The smallest absolute Gasteiger partial charge is 0.125 e. The second-order valence-electron chi connectivity index (χ2n) is 19.8. The number of allylic oxidation sites excluding steroid dienone is 14. The predicted octanol–water partition coefficient (Wildman–Crippen LogP) is 13.1. The van der Waals surface area contributed by atoms with Crippen LogP contribution in [0.25, 0.3) is 22.9 Å². The number of hydrogen-bond acceptors (Lipinski definition) is 3. The van der Waals surface area contributed by atoms with Gasteiger partial charge in [-0.05, 0) is 88.5 Å². The standard InChI is InChI=1S/C52H63N3O/c1-32(2)41-27-37(45-25-23-36(31-54(45)10)34-17-12-11-13-18-34)28-42(33(41)3)40-24-26-47-48(40)53-50(55(47)46-22-16-20-35-19-14-15-21-39(35)46)43-29-38(51(4,5)6)30-44(49(43)56)52(7,8)9/h11-15,17-19,21,23,25-26,28,30-33,35,37,41,43,45,56H,16,20,22,27,29H2,1-10H3. The maximum Gasteiger partial charge on any atom is 0.125 e. The number of aliphatic hydroxyl groups is 1. The molecule has 56 heavy (non-hydrogen) atoms. The highest BCUT2D eigenvalue weighted by molar-refractivity contribution is 5.89. The summed E-state index contributed by atoms with van der Waals surface area (Å²) in [4.78, 5) is 8.15. The van der Waals surface area contributed by atoms with E-state index in [1.807, 2.05) is 0 Å². The first-order valence-corrected chi connectivity index (χ1v) is 21.3. The summed E-state index contributed by atoms with van der Waals surface area (Å²) in [6.07, 6.45) is 28.5. The second-order valence-corrected chi connectivity index (χ2v) is 19.8. The van der Waals surface area contributed by atoms with Crippen molar-refractivity contribution in [2.45, 2.75) is 106 Å². The molecule has 1 aliphatic heterocycles. The first-order chi connectivity index (χ1) is 26.6. The molecule has 4 nitrogen and oxygen atoms in total. The van der Waals surface area contributed by atoms with Crippen LogP contribution in [0.5, 0.6) is 0 Å². The average molecular weight is 746 g/mol. The van der Waals surface area contributed by atoms with Gasteiger partial charge in [0.15, 0.2) is 0 Å². The molecule has 8 rings (SSSR count). The zero-order valence-electron chi connectivity index (χ0n) is 35.5. The van der Waals surface area contributed by atoms with E-state index in [0.29, 0.717) is 35.3 Å². The average Bonchev–Trinajstić information content (AvgIpc) is 3.74. The Hall–Kier alpha value is -4.53. The number of benzene rings is 1. The molecule has 0 amide bonds. The van der Waals surface area contributed by atoms with Crippen LogP contribution in [-0.2, 0) is 0 Å².